The zero-order chi connectivity index (χ0) is 17.6. The molecule has 0 radical (unpaired) electrons. The fraction of sp³-hybridized carbons (Fsp3) is 0.588. The summed E-state index contributed by atoms with van der Waals surface area (Å²) in [6.07, 6.45) is 5.43. The van der Waals surface area contributed by atoms with E-state index < -0.39 is 15.9 Å². The minimum Gasteiger partial charge on any atom is -0.289 e. The van der Waals surface area contributed by atoms with Crippen LogP contribution < -0.4 is 5.48 Å². The molecule has 2 N–H and O–H groups in total. The lowest BCUT2D eigenvalue weighted by atomic mass is 9.89. The third kappa shape index (κ3) is 5.03. The maximum Gasteiger partial charge on any atom is 0.244 e. The molecule has 1 fully saturated rings. The van der Waals surface area contributed by atoms with Crippen molar-refractivity contribution >= 4 is 15.9 Å². The van der Waals surface area contributed by atoms with Gasteiger partial charge in [-0.25, -0.2) is 13.9 Å². The molecule has 24 heavy (non-hydrogen) atoms. The van der Waals surface area contributed by atoms with Gasteiger partial charge in [0.15, 0.2) is 0 Å². The zero-order valence-electron chi connectivity index (χ0n) is 14.1. The highest BCUT2D eigenvalue weighted by Gasteiger charge is 2.28. The molecule has 6 nitrogen and oxygen atoms in total. The van der Waals surface area contributed by atoms with Crippen molar-refractivity contribution in [3.63, 3.8) is 0 Å². The minimum absolute atomic E-state index is 0.0612. The van der Waals surface area contributed by atoms with Crippen LogP contribution in [0.1, 0.15) is 44.1 Å². The van der Waals surface area contributed by atoms with E-state index in [1.54, 1.807) is 29.7 Å². The first-order chi connectivity index (χ1) is 11.4. The lowest BCUT2D eigenvalue weighted by molar-refractivity contribution is -0.129. The monoisotopic (exact) mass is 354 g/mol. The van der Waals surface area contributed by atoms with E-state index in [0.717, 1.165) is 31.2 Å². The van der Waals surface area contributed by atoms with Crippen molar-refractivity contribution in [3.05, 3.63) is 29.8 Å². The Balaban J connectivity index is 2.18. The minimum atomic E-state index is -3.65. The average Bonchev–Trinajstić information content (AvgIpc) is 2.59. The molecule has 0 unspecified atom stereocenters. The van der Waals surface area contributed by atoms with Crippen LogP contribution in [0.3, 0.4) is 0 Å². The fourth-order valence-corrected chi connectivity index (χ4v) is 4.63. The van der Waals surface area contributed by atoms with E-state index in [4.69, 9.17) is 5.21 Å². The molecule has 1 aromatic carbocycles. The van der Waals surface area contributed by atoms with Gasteiger partial charge in [-0.2, -0.15) is 4.31 Å². The van der Waals surface area contributed by atoms with E-state index >= 15 is 0 Å². The predicted octanol–water partition coefficient (Wildman–Crippen LogP) is 2.46. The molecule has 1 saturated carbocycles. The van der Waals surface area contributed by atoms with Crippen LogP contribution in [0.25, 0.3) is 0 Å². The van der Waals surface area contributed by atoms with Crippen LogP contribution >= 0.6 is 0 Å². The molecule has 134 valence electrons. The van der Waals surface area contributed by atoms with E-state index in [-0.39, 0.29) is 17.9 Å². The van der Waals surface area contributed by atoms with Gasteiger partial charge in [0.2, 0.25) is 15.9 Å². The first-order valence-corrected chi connectivity index (χ1v) is 9.87. The smallest absolute Gasteiger partial charge is 0.244 e. The highest BCUT2D eigenvalue weighted by atomic mass is 32.2. The molecule has 0 saturated heterocycles. The number of carbonyl (C=O) groups excluding carboxylic acids is 1. The number of hydrogen-bond donors (Lipinski definition) is 2. The Labute approximate surface area is 143 Å². The number of sulfonamides is 1. The normalized spacial score (nSPS) is 16.3. The van der Waals surface area contributed by atoms with Crippen molar-refractivity contribution in [2.24, 2.45) is 5.92 Å². The summed E-state index contributed by atoms with van der Waals surface area (Å²) < 4.78 is 27.3. The molecule has 0 bridgehead atoms. The molecule has 0 heterocycles. The van der Waals surface area contributed by atoms with Gasteiger partial charge < -0.3 is 0 Å². The summed E-state index contributed by atoms with van der Waals surface area (Å²) in [6.45, 7) is 2.40. The maximum atomic E-state index is 12.9. The highest BCUT2D eigenvalue weighted by molar-refractivity contribution is 7.89. The van der Waals surface area contributed by atoms with Crippen molar-refractivity contribution < 1.29 is 18.4 Å². The van der Waals surface area contributed by atoms with E-state index in [1.807, 2.05) is 6.92 Å². The van der Waals surface area contributed by atoms with E-state index in [2.05, 4.69) is 0 Å². The Morgan fingerprint density at radius 2 is 1.83 bits per heavy atom. The van der Waals surface area contributed by atoms with E-state index in [1.165, 1.54) is 10.7 Å². The SMILES string of the molecule is Cc1ccc(S(=O)(=O)N(CCC(=O)NO)CC2CCCCC2)cc1. The zero-order valence-corrected chi connectivity index (χ0v) is 14.9. The van der Waals surface area contributed by atoms with Crippen molar-refractivity contribution in [3.8, 4) is 0 Å². The third-order valence-corrected chi connectivity index (χ3v) is 6.44. The second-order valence-corrected chi connectivity index (χ2v) is 8.40. The molecular formula is C17H26N2O4S. The molecule has 7 heteroatoms. The topological polar surface area (TPSA) is 86.7 Å². The van der Waals surface area contributed by atoms with E-state index in [0.29, 0.717) is 12.5 Å². The molecule has 1 aromatic rings. The number of nitrogens with one attached hydrogen (secondary N) is 1. The summed E-state index contributed by atoms with van der Waals surface area (Å²) in [5.74, 6) is -0.251. The summed E-state index contributed by atoms with van der Waals surface area (Å²) in [5, 5.41) is 8.65. The maximum absolute atomic E-state index is 12.9. The standard InChI is InChI=1S/C17H26N2O4S/c1-14-7-9-16(10-8-14)24(22,23)19(12-11-17(20)18-21)13-15-5-3-2-4-6-15/h7-10,15,21H,2-6,11-13H2,1H3,(H,18,20). The Morgan fingerprint density at radius 1 is 1.21 bits per heavy atom. The Kier molecular flexibility index (Phi) is 6.77. The van der Waals surface area contributed by atoms with Crippen LogP contribution in [0.15, 0.2) is 29.2 Å². The van der Waals surface area contributed by atoms with Crippen molar-refractivity contribution in [1.82, 2.24) is 9.79 Å². The number of benzene rings is 1. The summed E-state index contributed by atoms with van der Waals surface area (Å²) in [5.41, 5.74) is 2.56. The highest BCUT2D eigenvalue weighted by Crippen LogP contribution is 2.27. The molecule has 0 spiro atoms. The van der Waals surface area contributed by atoms with Gasteiger partial charge in [0.25, 0.3) is 0 Å². The van der Waals surface area contributed by atoms with Crippen LogP contribution in [-0.4, -0.2) is 36.9 Å². The lowest BCUT2D eigenvalue weighted by Gasteiger charge is -2.29. The van der Waals surface area contributed by atoms with Gasteiger partial charge in [0, 0.05) is 19.5 Å². The number of hydroxylamine groups is 1. The largest absolute Gasteiger partial charge is 0.289 e. The summed E-state index contributed by atoms with van der Waals surface area (Å²) in [7, 11) is -3.65. The van der Waals surface area contributed by atoms with Crippen molar-refractivity contribution in [1.29, 1.82) is 0 Å². The third-order valence-electron chi connectivity index (χ3n) is 4.56. The van der Waals surface area contributed by atoms with Crippen LogP contribution in [0.2, 0.25) is 0 Å². The quantitative estimate of drug-likeness (QED) is 0.582. The number of nitrogens with zero attached hydrogens (tertiary/aromatic N) is 1. The molecule has 1 aliphatic carbocycles. The van der Waals surface area contributed by atoms with Gasteiger partial charge in [-0.1, -0.05) is 37.0 Å². The Bertz CT molecular complexity index is 637. The van der Waals surface area contributed by atoms with Crippen molar-refractivity contribution in [2.75, 3.05) is 13.1 Å². The average molecular weight is 354 g/mol. The van der Waals surface area contributed by atoms with Gasteiger partial charge in [0.1, 0.15) is 0 Å². The number of carbonyl (C=O) groups is 1. The summed E-state index contributed by atoms with van der Waals surface area (Å²) in [6, 6.07) is 6.74. The molecule has 1 aliphatic rings. The number of aryl methyl sites for hydroxylation is 1. The Hall–Kier alpha value is -1.44. The lowest BCUT2D eigenvalue weighted by Crippen LogP contribution is -2.38. The molecule has 1 amide bonds. The molecule has 0 aliphatic heterocycles. The molecular weight excluding hydrogens is 328 g/mol. The number of hydrogen-bond acceptors (Lipinski definition) is 4. The van der Waals surface area contributed by atoms with Crippen LogP contribution in [-0.2, 0) is 14.8 Å². The predicted molar refractivity (Wildman–Crippen MR) is 91.1 cm³/mol. The summed E-state index contributed by atoms with van der Waals surface area (Å²) in [4.78, 5) is 11.6. The fourth-order valence-electron chi connectivity index (χ4n) is 3.11. The van der Waals surface area contributed by atoms with Gasteiger partial charge in [-0.05, 0) is 37.8 Å². The molecule has 0 atom stereocenters. The number of amides is 1. The van der Waals surface area contributed by atoms with Gasteiger partial charge in [-0.15, -0.1) is 0 Å². The van der Waals surface area contributed by atoms with Gasteiger partial charge in [0.05, 0.1) is 4.90 Å². The van der Waals surface area contributed by atoms with Crippen LogP contribution in [0, 0.1) is 12.8 Å². The second kappa shape index (κ2) is 8.60. The molecule has 0 aromatic heterocycles. The first kappa shape index (κ1) is 18.9. The van der Waals surface area contributed by atoms with Gasteiger partial charge in [-0.3, -0.25) is 10.0 Å². The summed E-state index contributed by atoms with van der Waals surface area (Å²) >= 11 is 0. The van der Waals surface area contributed by atoms with Crippen LogP contribution in [0.4, 0.5) is 0 Å². The van der Waals surface area contributed by atoms with Crippen LogP contribution in [0.5, 0.6) is 0 Å². The van der Waals surface area contributed by atoms with Gasteiger partial charge >= 0.3 is 0 Å². The van der Waals surface area contributed by atoms with E-state index in [9.17, 15) is 13.2 Å². The first-order valence-electron chi connectivity index (χ1n) is 8.43. The van der Waals surface area contributed by atoms with Crippen molar-refractivity contribution in [2.45, 2.75) is 50.3 Å². The number of rotatable bonds is 7. The Morgan fingerprint density at radius 3 is 2.42 bits per heavy atom. The second-order valence-electron chi connectivity index (χ2n) is 6.47. The molecule has 2 rings (SSSR count).